The van der Waals surface area contributed by atoms with Crippen LogP contribution in [0.2, 0.25) is 0 Å². The summed E-state index contributed by atoms with van der Waals surface area (Å²) in [5.41, 5.74) is 0.723. The van der Waals surface area contributed by atoms with E-state index in [1.54, 1.807) is 32.2 Å². The summed E-state index contributed by atoms with van der Waals surface area (Å²) in [6.45, 7) is 4.98. The van der Waals surface area contributed by atoms with Gasteiger partial charge in [0, 0.05) is 6.54 Å². The van der Waals surface area contributed by atoms with Gasteiger partial charge in [-0.25, -0.2) is 8.42 Å². The van der Waals surface area contributed by atoms with Crippen LogP contribution in [0.15, 0.2) is 23.1 Å². The van der Waals surface area contributed by atoms with Crippen molar-refractivity contribution in [1.82, 2.24) is 5.32 Å². The zero-order valence-electron chi connectivity index (χ0n) is 10.5. The average Bonchev–Trinajstić information content (AvgIpc) is 2.28. The largest absolute Gasteiger partial charge is 0.497 e. The summed E-state index contributed by atoms with van der Waals surface area (Å²) in [4.78, 5) is 0.385. The van der Waals surface area contributed by atoms with Gasteiger partial charge in [-0.1, -0.05) is 6.92 Å². The molecule has 0 spiro atoms. The number of hydrogen-bond donors (Lipinski definition) is 1. The fraction of sp³-hybridized carbons (Fsp3) is 0.500. The highest BCUT2D eigenvalue weighted by molar-refractivity contribution is 7.91. The molecule has 5 heteroatoms. The van der Waals surface area contributed by atoms with Gasteiger partial charge in [-0.3, -0.25) is 0 Å². The van der Waals surface area contributed by atoms with E-state index in [9.17, 15) is 8.42 Å². The predicted molar refractivity (Wildman–Crippen MR) is 68.3 cm³/mol. The van der Waals surface area contributed by atoms with Crippen LogP contribution in [0.3, 0.4) is 0 Å². The van der Waals surface area contributed by atoms with E-state index in [1.807, 2.05) is 6.92 Å². The van der Waals surface area contributed by atoms with E-state index in [2.05, 4.69) is 5.32 Å². The molecule has 0 atom stereocenters. The molecule has 0 aliphatic carbocycles. The monoisotopic (exact) mass is 257 g/mol. The Morgan fingerprint density at radius 3 is 2.59 bits per heavy atom. The number of aryl methyl sites for hydroxylation is 1. The van der Waals surface area contributed by atoms with Crippen LogP contribution in [0.1, 0.15) is 12.5 Å². The lowest BCUT2D eigenvalue weighted by Gasteiger charge is -2.09. The first-order chi connectivity index (χ1) is 8.01. The Bertz CT molecular complexity index is 469. The third-order valence-electron chi connectivity index (χ3n) is 2.51. The van der Waals surface area contributed by atoms with E-state index in [1.165, 1.54) is 0 Å². The van der Waals surface area contributed by atoms with Gasteiger partial charge in [0.05, 0.1) is 17.8 Å². The molecule has 17 heavy (non-hydrogen) atoms. The van der Waals surface area contributed by atoms with Crippen molar-refractivity contribution in [2.45, 2.75) is 18.7 Å². The molecule has 1 aromatic carbocycles. The van der Waals surface area contributed by atoms with Crippen LogP contribution in [0.5, 0.6) is 5.75 Å². The summed E-state index contributed by atoms with van der Waals surface area (Å²) >= 11 is 0. The second-order valence-electron chi connectivity index (χ2n) is 3.80. The van der Waals surface area contributed by atoms with Crippen LogP contribution < -0.4 is 10.1 Å². The molecule has 0 saturated carbocycles. The SMILES string of the molecule is CCNCCS(=O)(=O)c1ccc(OC)cc1C. The maximum Gasteiger partial charge on any atom is 0.179 e. The van der Waals surface area contributed by atoms with Crippen LogP contribution in [0.25, 0.3) is 0 Å². The van der Waals surface area contributed by atoms with Crippen molar-refractivity contribution in [2.75, 3.05) is 26.0 Å². The quantitative estimate of drug-likeness (QED) is 0.782. The van der Waals surface area contributed by atoms with Crippen LogP contribution in [0.4, 0.5) is 0 Å². The van der Waals surface area contributed by atoms with E-state index < -0.39 is 9.84 Å². The lowest BCUT2D eigenvalue weighted by Crippen LogP contribution is -2.23. The molecule has 0 aromatic heterocycles. The smallest absolute Gasteiger partial charge is 0.179 e. The van der Waals surface area contributed by atoms with E-state index in [4.69, 9.17) is 4.74 Å². The summed E-state index contributed by atoms with van der Waals surface area (Å²) in [7, 11) is -1.64. The standard InChI is InChI=1S/C12H19NO3S/c1-4-13-7-8-17(14,15)12-6-5-11(16-3)9-10(12)2/h5-6,9,13H,4,7-8H2,1-3H3. The van der Waals surface area contributed by atoms with Crippen molar-refractivity contribution in [2.24, 2.45) is 0 Å². The molecule has 0 fully saturated rings. The average molecular weight is 257 g/mol. The molecular formula is C12H19NO3S. The molecule has 1 N–H and O–H groups in total. The molecule has 4 nitrogen and oxygen atoms in total. The topological polar surface area (TPSA) is 55.4 Å². The minimum atomic E-state index is -3.21. The fourth-order valence-electron chi connectivity index (χ4n) is 1.59. The van der Waals surface area contributed by atoms with Gasteiger partial charge in [0.2, 0.25) is 0 Å². The second-order valence-corrected chi connectivity index (χ2v) is 5.88. The van der Waals surface area contributed by atoms with Crippen molar-refractivity contribution >= 4 is 9.84 Å². The molecule has 0 amide bonds. The van der Waals surface area contributed by atoms with Gasteiger partial charge in [0.15, 0.2) is 9.84 Å². The summed E-state index contributed by atoms with van der Waals surface area (Å²) < 4.78 is 29.1. The number of rotatable bonds is 6. The molecule has 0 radical (unpaired) electrons. The maximum absolute atomic E-state index is 12.0. The molecule has 0 aliphatic heterocycles. The van der Waals surface area contributed by atoms with Crippen molar-refractivity contribution < 1.29 is 13.2 Å². The Balaban J connectivity index is 2.91. The first-order valence-corrected chi connectivity index (χ1v) is 7.24. The highest BCUT2D eigenvalue weighted by atomic mass is 32.2. The van der Waals surface area contributed by atoms with Crippen molar-refractivity contribution in [3.8, 4) is 5.75 Å². The Hall–Kier alpha value is -1.07. The first-order valence-electron chi connectivity index (χ1n) is 5.59. The van der Waals surface area contributed by atoms with Crippen LogP contribution >= 0.6 is 0 Å². The Labute approximate surface area is 103 Å². The zero-order chi connectivity index (χ0) is 12.9. The predicted octanol–water partition coefficient (Wildman–Crippen LogP) is 1.39. The van der Waals surface area contributed by atoms with Gasteiger partial charge in [0.1, 0.15) is 5.75 Å². The molecule has 96 valence electrons. The number of methoxy groups -OCH3 is 1. The molecule has 0 saturated heterocycles. The lowest BCUT2D eigenvalue weighted by molar-refractivity contribution is 0.414. The maximum atomic E-state index is 12.0. The summed E-state index contributed by atoms with van der Waals surface area (Å²) in [5, 5.41) is 3.01. The molecular weight excluding hydrogens is 238 g/mol. The van der Waals surface area contributed by atoms with E-state index in [0.29, 0.717) is 17.2 Å². The van der Waals surface area contributed by atoms with Crippen molar-refractivity contribution in [3.63, 3.8) is 0 Å². The molecule has 0 unspecified atom stereocenters. The lowest BCUT2D eigenvalue weighted by atomic mass is 10.2. The van der Waals surface area contributed by atoms with Gasteiger partial charge >= 0.3 is 0 Å². The second kappa shape index (κ2) is 6.02. The number of ether oxygens (including phenoxy) is 1. The molecule has 1 aromatic rings. The van der Waals surface area contributed by atoms with Crippen molar-refractivity contribution in [3.05, 3.63) is 23.8 Å². The van der Waals surface area contributed by atoms with E-state index in [0.717, 1.165) is 12.1 Å². The van der Waals surface area contributed by atoms with Gasteiger partial charge in [-0.05, 0) is 37.2 Å². The van der Waals surface area contributed by atoms with Crippen molar-refractivity contribution in [1.29, 1.82) is 0 Å². The third-order valence-corrected chi connectivity index (χ3v) is 4.38. The highest BCUT2D eigenvalue weighted by Gasteiger charge is 2.16. The third kappa shape index (κ3) is 3.71. The minimum Gasteiger partial charge on any atom is -0.497 e. The summed E-state index contributed by atoms with van der Waals surface area (Å²) in [5.74, 6) is 0.793. The molecule has 0 heterocycles. The van der Waals surface area contributed by atoms with Gasteiger partial charge < -0.3 is 10.1 Å². The molecule has 0 bridgehead atoms. The number of hydrogen-bond acceptors (Lipinski definition) is 4. The van der Waals surface area contributed by atoms with Gasteiger partial charge in [0.25, 0.3) is 0 Å². The molecule has 0 aliphatic rings. The highest BCUT2D eigenvalue weighted by Crippen LogP contribution is 2.21. The van der Waals surface area contributed by atoms with Crippen LogP contribution in [-0.2, 0) is 9.84 Å². The van der Waals surface area contributed by atoms with Crippen LogP contribution in [0, 0.1) is 6.92 Å². The minimum absolute atomic E-state index is 0.119. The molecule has 1 rings (SSSR count). The van der Waals surface area contributed by atoms with Crippen LogP contribution in [-0.4, -0.2) is 34.4 Å². The Kier molecular flexibility index (Phi) is 4.96. The number of sulfone groups is 1. The number of nitrogens with one attached hydrogen (secondary N) is 1. The summed E-state index contributed by atoms with van der Waals surface area (Å²) in [6, 6.07) is 5.02. The first kappa shape index (κ1) is 14.0. The Morgan fingerprint density at radius 2 is 2.06 bits per heavy atom. The fourth-order valence-corrected chi connectivity index (χ4v) is 3.05. The van der Waals surface area contributed by atoms with Gasteiger partial charge in [-0.15, -0.1) is 0 Å². The summed E-state index contributed by atoms with van der Waals surface area (Å²) in [6.07, 6.45) is 0. The van der Waals surface area contributed by atoms with E-state index in [-0.39, 0.29) is 5.75 Å². The van der Waals surface area contributed by atoms with E-state index >= 15 is 0 Å². The number of benzene rings is 1. The normalized spacial score (nSPS) is 11.5. The van der Waals surface area contributed by atoms with Gasteiger partial charge in [-0.2, -0.15) is 0 Å². The zero-order valence-corrected chi connectivity index (χ0v) is 11.3. The Morgan fingerprint density at radius 1 is 1.35 bits per heavy atom.